The minimum atomic E-state index is 0.298. The summed E-state index contributed by atoms with van der Waals surface area (Å²) in [7, 11) is 0. The maximum Gasteiger partial charge on any atom is 0.0812 e. The second-order valence-corrected chi connectivity index (χ2v) is 6.79. The molecule has 22 heavy (non-hydrogen) atoms. The number of hydrogen-bond donors (Lipinski definition) is 2. The zero-order valence-corrected chi connectivity index (χ0v) is 14.5. The van der Waals surface area contributed by atoms with E-state index in [1.54, 1.807) is 0 Å². The van der Waals surface area contributed by atoms with Crippen molar-refractivity contribution in [2.75, 3.05) is 19.8 Å². The van der Waals surface area contributed by atoms with Gasteiger partial charge in [-0.3, -0.25) is 4.90 Å². The SMILES string of the molecule is C=N.CC(C)CC1CCN(CNCc2ccc(SF)cc2)C1. The lowest BCUT2D eigenvalue weighted by Crippen LogP contribution is -2.32. The number of nitrogens with one attached hydrogen (secondary N) is 2. The third kappa shape index (κ3) is 6.90. The van der Waals surface area contributed by atoms with E-state index in [1.807, 2.05) is 24.3 Å². The first kappa shape index (κ1) is 19.1. The first-order chi connectivity index (χ1) is 10.7. The van der Waals surface area contributed by atoms with Crippen LogP contribution in [-0.2, 0) is 6.54 Å². The van der Waals surface area contributed by atoms with Crippen LogP contribution in [0.5, 0.6) is 0 Å². The van der Waals surface area contributed by atoms with Crippen molar-refractivity contribution in [1.82, 2.24) is 10.2 Å². The molecule has 0 amide bonds. The van der Waals surface area contributed by atoms with Crippen LogP contribution in [0.3, 0.4) is 0 Å². The van der Waals surface area contributed by atoms with Crippen molar-refractivity contribution >= 4 is 18.9 Å². The number of hydrogen-bond acceptors (Lipinski definition) is 4. The molecule has 2 rings (SSSR count). The molecule has 0 aliphatic carbocycles. The largest absolute Gasteiger partial charge is 0.317 e. The highest BCUT2D eigenvalue weighted by Crippen LogP contribution is 2.22. The smallest absolute Gasteiger partial charge is 0.0812 e. The van der Waals surface area contributed by atoms with Gasteiger partial charge < -0.3 is 10.7 Å². The third-order valence-corrected chi connectivity index (χ3v) is 4.30. The van der Waals surface area contributed by atoms with Gasteiger partial charge in [-0.15, -0.1) is 0 Å². The third-order valence-electron chi connectivity index (χ3n) is 3.85. The predicted molar refractivity (Wildman–Crippen MR) is 94.1 cm³/mol. The molecule has 3 nitrogen and oxygen atoms in total. The molecule has 1 fully saturated rings. The predicted octanol–water partition coefficient (Wildman–Crippen LogP) is 4.34. The fourth-order valence-corrected chi connectivity index (χ4v) is 3.17. The van der Waals surface area contributed by atoms with E-state index in [1.165, 1.54) is 31.5 Å². The van der Waals surface area contributed by atoms with Crippen LogP contribution < -0.4 is 5.32 Å². The van der Waals surface area contributed by atoms with Gasteiger partial charge in [0.15, 0.2) is 0 Å². The molecule has 1 aliphatic rings. The summed E-state index contributed by atoms with van der Waals surface area (Å²) in [6.45, 7) is 11.3. The molecule has 124 valence electrons. The van der Waals surface area contributed by atoms with Crippen molar-refractivity contribution < 1.29 is 3.89 Å². The summed E-state index contributed by atoms with van der Waals surface area (Å²) in [5.41, 5.74) is 1.21. The fraction of sp³-hybridized carbons (Fsp3) is 0.588. The topological polar surface area (TPSA) is 39.1 Å². The first-order valence-corrected chi connectivity index (χ1v) is 8.55. The van der Waals surface area contributed by atoms with Crippen molar-refractivity contribution in [2.24, 2.45) is 11.8 Å². The van der Waals surface area contributed by atoms with E-state index < -0.39 is 0 Å². The van der Waals surface area contributed by atoms with Crippen molar-refractivity contribution in [3.63, 3.8) is 0 Å². The van der Waals surface area contributed by atoms with Gasteiger partial charge in [0.1, 0.15) is 0 Å². The van der Waals surface area contributed by atoms with E-state index in [9.17, 15) is 3.89 Å². The van der Waals surface area contributed by atoms with Gasteiger partial charge in [0.2, 0.25) is 0 Å². The van der Waals surface area contributed by atoms with Gasteiger partial charge >= 0.3 is 0 Å². The Kier molecular flexibility index (Phi) is 9.36. The maximum absolute atomic E-state index is 12.3. The second kappa shape index (κ2) is 10.8. The van der Waals surface area contributed by atoms with Crippen LogP contribution in [0.1, 0.15) is 32.3 Å². The molecular weight excluding hydrogens is 297 g/mol. The molecule has 1 aromatic carbocycles. The van der Waals surface area contributed by atoms with Crippen LogP contribution in [0.15, 0.2) is 29.2 Å². The quantitative estimate of drug-likeness (QED) is 0.732. The van der Waals surface area contributed by atoms with Gasteiger partial charge in [-0.1, -0.05) is 26.0 Å². The Morgan fingerprint density at radius 1 is 1.36 bits per heavy atom. The molecule has 0 radical (unpaired) electrons. The number of nitrogens with zero attached hydrogens (tertiary/aromatic N) is 1. The van der Waals surface area contributed by atoms with Gasteiger partial charge in [0.25, 0.3) is 0 Å². The number of benzene rings is 1. The molecule has 0 bridgehead atoms. The van der Waals surface area contributed by atoms with Gasteiger partial charge in [-0.25, -0.2) is 0 Å². The lowest BCUT2D eigenvalue weighted by atomic mass is 9.97. The molecule has 1 aromatic rings. The van der Waals surface area contributed by atoms with Crippen molar-refractivity contribution in [2.45, 2.75) is 38.1 Å². The summed E-state index contributed by atoms with van der Waals surface area (Å²) >= 11 is 0.298. The van der Waals surface area contributed by atoms with Crippen LogP contribution in [0.4, 0.5) is 3.89 Å². The molecule has 2 N–H and O–H groups in total. The summed E-state index contributed by atoms with van der Waals surface area (Å²) < 4.78 is 12.3. The highest BCUT2D eigenvalue weighted by molar-refractivity contribution is 7.94. The molecule has 5 heteroatoms. The molecular formula is C17H28FN3S. The molecule has 0 saturated carbocycles. The molecule has 0 spiro atoms. The average molecular weight is 325 g/mol. The second-order valence-electron chi connectivity index (χ2n) is 6.17. The summed E-state index contributed by atoms with van der Waals surface area (Å²) in [5, 5.41) is 8.98. The lowest BCUT2D eigenvalue weighted by Gasteiger charge is -2.17. The van der Waals surface area contributed by atoms with Crippen molar-refractivity contribution in [1.29, 1.82) is 5.41 Å². The van der Waals surface area contributed by atoms with E-state index in [0.29, 0.717) is 17.0 Å². The van der Waals surface area contributed by atoms with Gasteiger partial charge in [0, 0.05) is 24.7 Å². The van der Waals surface area contributed by atoms with Crippen LogP contribution in [0.25, 0.3) is 0 Å². The van der Waals surface area contributed by atoms with E-state index in [0.717, 1.165) is 25.0 Å². The minimum absolute atomic E-state index is 0.298. The van der Waals surface area contributed by atoms with E-state index in [2.05, 4.69) is 30.8 Å². The van der Waals surface area contributed by atoms with Crippen LogP contribution in [-0.4, -0.2) is 31.4 Å². The van der Waals surface area contributed by atoms with E-state index in [4.69, 9.17) is 5.41 Å². The Labute approximate surface area is 138 Å². The highest BCUT2D eigenvalue weighted by Gasteiger charge is 2.22. The number of rotatable bonds is 7. The highest BCUT2D eigenvalue weighted by atomic mass is 32.2. The first-order valence-electron chi connectivity index (χ1n) is 7.83. The number of likely N-dealkylation sites (tertiary alicyclic amines) is 1. The maximum atomic E-state index is 12.3. The summed E-state index contributed by atoms with van der Waals surface area (Å²) in [6, 6.07) is 7.63. The Morgan fingerprint density at radius 2 is 2.05 bits per heavy atom. The minimum Gasteiger partial charge on any atom is -0.317 e. The molecule has 1 atom stereocenters. The van der Waals surface area contributed by atoms with E-state index in [-0.39, 0.29) is 0 Å². The number of halogens is 1. The van der Waals surface area contributed by atoms with Gasteiger partial charge in [-0.05, 0) is 55.6 Å². The molecule has 1 unspecified atom stereocenters. The van der Waals surface area contributed by atoms with Gasteiger partial charge in [0.05, 0.1) is 12.1 Å². The monoisotopic (exact) mass is 325 g/mol. The zero-order valence-electron chi connectivity index (χ0n) is 13.6. The summed E-state index contributed by atoms with van der Waals surface area (Å²) in [6.07, 6.45) is 2.68. The fourth-order valence-electron chi connectivity index (χ4n) is 2.93. The Bertz CT molecular complexity index is 411. The van der Waals surface area contributed by atoms with E-state index >= 15 is 0 Å². The van der Waals surface area contributed by atoms with Gasteiger partial charge in [-0.2, -0.15) is 3.89 Å². The van der Waals surface area contributed by atoms with Crippen LogP contribution >= 0.6 is 12.1 Å². The molecule has 1 saturated heterocycles. The molecule has 1 heterocycles. The van der Waals surface area contributed by atoms with Crippen LogP contribution in [0, 0.1) is 17.2 Å². The molecule has 0 aromatic heterocycles. The van der Waals surface area contributed by atoms with Crippen LogP contribution in [0.2, 0.25) is 0 Å². The summed E-state index contributed by atoms with van der Waals surface area (Å²) in [4.78, 5) is 3.17. The Hall–Kier alpha value is -0.910. The Morgan fingerprint density at radius 3 is 2.64 bits per heavy atom. The summed E-state index contributed by atoms with van der Waals surface area (Å²) in [5.74, 6) is 1.68. The Balaban J connectivity index is 0.00000116. The van der Waals surface area contributed by atoms with Crippen molar-refractivity contribution in [3.8, 4) is 0 Å². The van der Waals surface area contributed by atoms with Crippen molar-refractivity contribution in [3.05, 3.63) is 29.8 Å². The zero-order chi connectivity index (χ0) is 16.4. The normalized spacial score (nSPS) is 18.3. The average Bonchev–Trinajstić information content (AvgIpc) is 2.96. The molecule has 1 aliphatic heterocycles. The lowest BCUT2D eigenvalue weighted by molar-refractivity contribution is 0.288. The standard InChI is InChI=1S/C16H25FN2S.CH3N/c1-13(2)9-15-7-8-19(11-15)12-18-10-14-3-5-16(20-17)6-4-14;1-2/h3-6,13,15,18H,7-12H2,1-2H3;2H,1H2.